The van der Waals surface area contributed by atoms with Gasteiger partial charge >= 0.3 is 0 Å². The summed E-state index contributed by atoms with van der Waals surface area (Å²) in [6.45, 7) is 11.9. The van der Waals surface area contributed by atoms with Crippen LogP contribution in [0.3, 0.4) is 0 Å². The average Bonchev–Trinajstić information content (AvgIpc) is 3.70. The number of piperidine rings is 1. The molecule has 1 saturated carbocycles. The number of carbonyl (C=O) groups is 2. The number of benzene rings is 2. The van der Waals surface area contributed by atoms with Crippen molar-refractivity contribution >= 4 is 11.8 Å². The van der Waals surface area contributed by atoms with E-state index in [0.717, 1.165) is 50.8 Å². The summed E-state index contributed by atoms with van der Waals surface area (Å²) in [6.07, 6.45) is 5.08. The SMILES string of the molecule is CC(C)C[C@H](NC(=O)[C@]1(c2ccccc2)C[C@@H]1CN1CC[C@@]2(C)c3cc(O)ccc3C[C@@H]1[C@H]2C)C(=O)NCCCCN. The molecule has 0 spiro atoms. The molecule has 0 radical (unpaired) electrons. The van der Waals surface area contributed by atoms with Gasteiger partial charge in [0.05, 0.1) is 5.41 Å². The van der Waals surface area contributed by atoms with Gasteiger partial charge in [-0.2, -0.15) is 0 Å². The molecule has 2 aliphatic carbocycles. The summed E-state index contributed by atoms with van der Waals surface area (Å²) in [6, 6.07) is 15.9. The van der Waals surface area contributed by atoms with Crippen molar-refractivity contribution in [1.29, 1.82) is 0 Å². The van der Waals surface area contributed by atoms with Gasteiger partial charge in [0, 0.05) is 19.1 Å². The zero-order valence-electron chi connectivity index (χ0n) is 25.9. The van der Waals surface area contributed by atoms with Gasteiger partial charge < -0.3 is 21.5 Å². The van der Waals surface area contributed by atoms with E-state index in [1.54, 1.807) is 0 Å². The van der Waals surface area contributed by atoms with Crippen molar-refractivity contribution in [3.63, 3.8) is 0 Å². The van der Waals surface area contributed by atoms with Crippen molar-refractivity contribution in [1.82, 2.24) is 15.5 Å². The van der Waals surface area contributed by atoms with Crippen LogP contribution < -0.4 is 16.4 Å². The third-order valence-corrected chi connectivity index (χ3v) is 10.6. The van der Waals surface area contributed by atoms with Crippen molar-refractivity contribution in [3.05, 3.63) is 65.2 Å². The fraction of sp³-hybridized carbons (Fsp3) is 0.600. The first-order chi connectivity index (χ1) is 20.1. The molecule has 7 heteroatoms. The summed E-state index contributed by atoms with van der Waals surface area (Å²) < 4.78 is 0. The maximum absolute atomic E-state index is 14.2. The lowest BCUT2D eigenvalue weighted by atomic mass is 9.59. The van der Waals surface area contributed by atoms with E-state index >= 15 is 0 Å². The van der Waals surface area contributed by atoms with E-state index in [0.29, 0.717) is 37.2 Å². The third-order valence-electron chi connectivity index (χ3n) is 10.6. The van der Waals surface area contributed by atoms with Crippen LogP contribution in [0.25, 0.3) is 0 Å². The number of hydrogen-bond acceptors (Lipinski definition) is 5. The van der Waals surface area contributed by atoms with E-state index in [4.69, 9.17) is 5.73 Å². The molecular formula is C35H50N4O3. The normalized spacial score (nSPS) is 29.0. The number of amides is 2. The summed E-state index contributed by atoms with van der Waals surface area (Å²) in [5, 5.41) is 16.5. The summed E-state index contributed by atoms with van der Waals surface area (Å²) in [7, 11) is 0. The van der Waals surface area contributed by atoms with Crippen LogP contribution in [0.15, 0.2) is 48.5 Å². The number of phenolic OH excluding ortho intramolecular Hbond substituents is 1. The Labute approximate surface area is 251 Å². The number of nitrogens with two attached hydrogens (primary N) is 1. The van der Waals surface area contributed by atoms with E-state index in [9.17, 15) is 14.7 Å². The number of nitrogens with zero attached hydrogens (tertiary/aromatic N) is 1. The Balaban J connectivity index is 1.34. The van der Waals surface area contributed by atoms with E-state index < -0.39 is 11.5 Å². The molecule has 1 aliphatic heterocycles. The number of phenols is 1. The number of nitrogens with one attached hydrogen (secondary N) is 2. The smallest absolute Gasteiger partial charge is 0.242 e. The Morgan fingerprint density at radius 1 is 1.14 bits per heavy atom. The van der Waals surface area contributed by atoms with Crippen molar-refractivity contribution in [2.45, 2.75) is 89.1 Å². The zero-order valence-corrected chi connectivity index (χ0v) is 25.9. The monoisotopic (exact) mass is 574 g/mol. The van der Waals surface area contributed by atoms with Gasteiger partial charge in [-0.05, 0) is 104 Å². The molecule has 6 atom stereocenters. The first-order valence-corrected chi connectivity index (χ1v) is 16.0. The first-order valence-electron chi connectivity index (χ1n) is 16.0. The molecular weight excluding hydrogens is 524 g/mol. The third kappa shape index (κ3) is 5.83. The fourth-order valence-corrected chi connectivity index (χ4v) is 7.85. The Bertz CT molecular complexity index is 1270. The maximum atomic E-state index is 14.2. The highest BCUT2D eigenvalue weighted by Gasteiger charge is 2.62. The number of unbranched alkanes of at least 4 members (excludes halogenated alkanes) is 1. The number of hydrogen-bond donors (Lipinski definition) is 4. The number of rotatable bonds is 12. The van der Waals surface area contributed by atoms with Crippen molar-refractivity contribution in [2.24, 2.45) is 23.5 Å². The standard InChI is InChI=1S/C35H50N4O3/c1-23(2)18-30(32(41)37-16-9-8-15-36)38-33(42)35(26-10-6-5-7-11-26)21-27(35)22-39-17-14-34(4)24(3)31(39)19-25-12-13-28(40)20-29(25)34/h5-7,10-13,20,23-24,27,30-31,40H,8-9,14-19,21-22,36H2,1-4H3,(H,37,41)(H,38,42)/t24-,27-,30+,31-,34-,35+/m1/s1. The van der Waals surface area contributed by atoms with E-state index in [1.807, 2.05) is 30.3 Å². The molecule has 0 unspecified atom stereocenters. The first kappa shape index (κ1) is 30.6. The minimum absolute atomic E-state index is 0.0270. The lowest BCUT2D eigenvalue weighted by Crippen LogP contribution is -2.58. The van der Waals surface area contributed by atoms with Gasteiger partial charge in [-0.3, -0.25) is 14.5 Å². The topological polar surface area (TPSA) is 108 Å². The van der Waals surface area contributed by atoms with E-state index in [2.05, 4.69) is 61.4 Å². The average molecular weight is 575 g/mol. The second-order valence-electron chi connectivity index (χ2n) is 13.7. The predicted octanol–water partition coefficient (Wildman–Crippen LogP) is 4.26. The molecule has 2 aromatic rings. The summed E-state index contributed by atoms with van der Waals surface area (Å²) in [5.74, 6) is 1.11. The highest BCUT2D eigenvalue weighted by molar-refractivity contribution is 5.95. The van der Waals surface area contributed by atoms with Crippen LogP contribution in [0.5, 0.6) is 5.75 Å². The van der Waals surface area contributed by atoms with Gasteiger partial charge in [0.25, 0.3) is 0 Å². The van der Waals surface area contributed by atoms with Crippen molar-refractivity contribution < 1.29 is 14.7 Å². The number of fused-ring (bicyclic) bond motifs is 4. The number of carbonyl (C=O) groups excluding carboxylic acids is 2. The molecule has 5 rings (SSSR count). The largest absolute Gasteiger partial charge is 0.508 e. The van der Waals surface area contributed by atoms with E-state index in [1.165, 1.54) is 11.1 Å². The molecule has 2 amide bonds. The molecule has 0 aromatic heterocycles. The summed E-state index contributed by atoms with van der Waals surface area (Å²) in [4.78, 5) is 30.0. The zero-order chi connectivity index (χ0) is 30.1. The van der Waals surface area contributed by atoms with Gasteiger partial charge in [0.2, 0.25) is 11.8 Å². The summed E-state index contributed by atoms with van der Waals surface area (Å²) >= 11 is 0. The Hall–Kier alpha value is -2.90. The molecule has 2 fully saturated rings. The van der Waals surface area contributed by atoms with Crippen LogP contribution in [0.4, 0.5) is 0 Å². The van der Waals surface area contributed by atoms with Gasteiger partial charge in [0.1, 0.15) is 11.8 Å². The Morgan fingerprint density at radius 3 is 2.62 bits per heavy atom. The lowest BCUT2D eigenvalue weighted by molar-refractivity contribution is -0.131. The van der Waals surface area contributed by atoms with Crippen LogP contribution in [0.1, 0.15) is 76.5 Å². The van der Waals surface area contributed by atoms with Gasteiger partial charge in [0.15, 0.2) is 0 Å². The van der Waals surface area contributed by atoms with Gasteiger partial charge in [-0.1, -0.05) is 64.1 Å². The molecule has 2 aromatic carbocycles. The molecule has 7 nitrogen and oxygen atoms in total. The predicted molar refractivity (Wildman–Crippen MR) is 167 cm³/mol. The second-order valence-corrected chi connectivity index (χ2v) is 13.7. The quantitative estimate of drug-likeness (QED) is 0.284. The van der Waals surface area contributed by atoms with Crippen LogP contribution in [-0.2, 0) is 26.8 Å². The van der Waals surface area contributed by atoms with Crippen LogP contribution in [0.2, 0.25) is 0 Å². The highest BCUT2D eigenvalue weighted by Crippen LogP contribution is 2.57. The highest BCUT2D eigenvalue weighted by atomic mass is 16.3. The molecule has 1 saturated heterocycles. The minimum Gasteiger partial charge on any atom is -0.508 e. The van der Waals surface area contributed by atoms with E-state index in [-0.39, 0.29) is 29.1 Å². The second kappa shape index (κ2) is 12.4. The number of likely N-dealkylation sites (tertiary alicyclic amines) is 1. The summed E-state index contributed by atoms with van der Waals surface area (Å²) in [5.41, 5.74) is 8.69. The minimum atomic E-state index is -0.626. The van der Waals surface area contributed by atoms with Gasteiger partial charge in [-0.15, -0.1) is 0 Å². The maximum Gasteiger partial charge on any atom is 0.242 e. The molecule has 42 heavy (non-hydrogen) atoms. The lowest BCUT2D eigenvalue weighted by Gasteiger charge is -2.55. The number of aromatic hydroxyl groups is 1. The van der Waals surface area contributed by atoms with Crippen LogP contribution in [0, 0.1) is 17.8 Å². The van der Waals surface area contributed by atoms with Gasteiger partial charge in [-0.25, -0.2) is 0 Å². The Kier molecular flexibility index (Phi) is 9.00. The molecule has 228 valence electrons. The van der Waals surface area contributed by atoms with Crippen LogP contribution in [-0.4, -0.2) is 60.1 Å². The van der Waals surface area contributed by atoms with Crippen molar-refractivity contribution in [2.75, 3.05) is 26.2 Å². The molecule has 5 N–H and O–H groups in total. The van der Waals surface area contributed by atoms with Crippen molar-refractivity contribution in [3.8, 4) is 5.75 Å². The fourth-order valence-electron chi connectivity index (χ4n) is 7.85. The molecule has 1 heterocycles. The Morgan fingerprint density at radius 2 is 1.90 bits per heavy atom. The molecule has 2 bridgehead atoms. The molecule has 3 aliphatic rings. The van der Waals surface area contributed by atoms with Crippen LogP contribution >= 0.6 is 0 Å².